The number of carbonyl (C=O) groups excluding carboxylic acids is 2. The van der Waals surface area contributed by atoms with Crippen molar-refractivity contribution in [1.29, 1.82) is 0 Å². The maximum Gasteiger partial charge on any atom is 0.229 e. The van der Waals surface area contributed by atoms with Crippen LogP contribution in [0.15, 0.2) is 30.5 Å². The molecule has 0 bridgehead atoms. The maximum atomic E-state index is 13.8. The lowest BCUT2D eigenvalue weighted by Crippen LogP contribution is -2.38. The molecule has 0 radical (unpaired) electrons. The number of rotatable bonds is 4. The van der Waals surface area contributed by atoms with E-state index in [2.05, 4.69) is 15.5 Å². The normalized spacial score (nSPS) is 17.6. The molecule has 3 rings (SSSR count). The van der Waals surface area contributed by atoms with Gasteiger partial charge in [-0.15, -0.1) is 0 Å². The van der Waals surface area contributed by atoms with E-state index in [4.69, 9.17) is 0 Å². The highest BCUT2D eigenvalue weighted by atomic mass is 19.1. The molecule has 1 aliphatic rings. The second-order valence-electron chi connectivity index (χ2n) is 5.30. The number of para-hydroxylation sites is 1. The molecule has 2 aromatic rings. The second-order valence-corrected chi connectivity index (χ2v) is 5.30. The molecule has 0 aliphatic carbocycles. The van der Waals surface area contributed by atoms with Gasteiger partial charge in [0.25, 0.3) is 0 Å². The van der Waals surface area contributed by atoms with Gasteiger partial charge >= 0.3 is 0 Å². The Kier molecular flexibility index (Phi) is 4.05. The topological polar surface area (TPSA) is 78.1 Å². The first-order valence-electron chi connectivity index (χ1n) is 7.06. The quantitative estimate of drug-likeness (QED) is 0.887. The minimum atomic E-state index is -0.803. The SMILES string of the molecule is O=C(Cc1ccn[nH]1)NC1CC(=O)N(c2c(F)cccc2F)C1. The van der Waals surface area contributed by atoms with E-state index >= 15 is 0 Å². The van der Waals surface area contributed by atoms with E-state index < -0.39 is 23.6 Å². The van der Waals surface area contributed by atoms with Crippen LogP contribution in [-0.4, -0.2) is 34.6 Å². The predicted octanol–water partition coefficient (Wildman–Crippen LogP) is 1.15. The lowest BCUT2D eigenvalue weighted by molar-refractivity contribution is -0.121. The van der Waals surface area contributed by atoms with Crippen LogP contribution in [0.4, 0.5) is 14.5 Å². The summed E-state index contributed by atoms with van der Waals surface area (Å²) in [4.78, 5) is 25.0. The summed E-state index contributed by atoms with van der Waals surface area (Å²) in [5.41, 5.74) is 0.270. The fourth-order valence-electron chi connectivity index (χ4n) is 2.60. The van der Waals surface area contributed by atoms with E-state index in [-0.39, 0.29) is 31.0 Å². The highest BCUT2D eigenvalue weighted by molar-refractivity contribution is 5.97. The van der Waals surface area contributed by atoms with Crippen molar-refractivity contribution in [1.82, 2.24) is 15.5 Å². The van der Waals surface area contributed by atoms with Gasteiger partial charge in [-0.25, -0.2) is 8.78 Å². The van der Waals surface area contributed by atoms with Gasteiger partial charge in [0.15, 0.2) is 0 Å². The molecular formula is C15H14F2N4O2. The van der Waals surface area contributed by atoms with Gasteiger partial charge in [0.05, 0.1) is 12.5 Å². The van der Waals surface area contributed by atoms with E-state index in [1.165, 1.54) is 12.3 Å². The average Bonchev–Trinajstić information content (AvgIpc) is 3.09. The first kappa shape index (κ1) is 15.1. The zero-order chi connectivity index (χ0) is 16.4. The zero-order valence-electron chi connectivity index (χ0n) is 12.1. The van der Waals surface area contributed by atoms with Gasteiger partial charge in [0.2, 0.25) is 11.8 Å². The summed E-state index contributed by atoms with van der Waals surface area (Å²) >= 11 is 0. The number of aromatic amines is 1. The number of nitrogens with zero attached hydrogens (tertiary/aromatic N) is 2. The van der Waals surface area contributed by atoms with E-state index in [0.717, 1.165) is 17.0 Å². The lowest BCUT2D eigenvalue weighted by Gasteiger charge is -2.18. The predicted molar refractivity (Wildman–Crippen MR) is 77.6 cm³/mol. The Labute approximate surface area is 130 Å². The van der Waals surface area contributed by atoms with Gasteiger partial charge in [-0.05, 0) is 18.2 Å². The minimum absolute atomic E-state index is 0.00247. The molecule has 0 spiro atoms. The minimum Gasteiger partial charge on any atom is -0.351 e. The molecule has 1 fully saturated rings. The largest absolute Gasteiger partial charge is 0.351 e. The van der Waals surface area contributed by atoms with Crippen LogP contribution in [-0.2, 0) is 16.0 Å². The van der Waals surface area contributed by atoms with Gasteiger partial charge in [0.1, 0.15) is 17.3 Å². The van der Waals surface area contributed by atoms with Gasteiger partial charge in [-0.2, -0.15) is 5.10 Å². The van der Waals surface area contributed by atoms with Gasteiger partial charge in [-0.3, -0.25) is 14.7 Å². The number of nitrogens with one attached hydrogen (secondary N) is 2. The van der Waals surface area contributed by atoms with Crippen LogP contribution in [0.5, 0.6) is 0 Å². The number of anilines is 1. The highest BCUT2D eigenvalue weighted by Gasteiger charge is 2.34. The number of halogens is 2. The van der Waals surface area contributed by atoms with Crippen molar-refractivity contribution < 1.29 is 18.4 Å². The molecule has 1 saturated heterocycles. The van der Waals surface area contributed by atoms with Crippen LogP contribution >= 0.6 is 0 Å². The van der Waals surface area contributed by atoms with Crippen LogP contribution in [0.25, 0.3) is 0 Å². The molecule has 8 heteroatoms. The first-order valence-corrected chi connectivity index (χ1v) is 7.06. The molecule has 6 nitrogen and oxygen atoms in total. The molecule has 2 heterocycles. The van der Waals surface area contributed by atoms with Crippen LogP contribution in [0.3, 0.4) is 0 Å². The summed E-state index contributed by atoms with van der Waals surface area (Å²) < 4.78 is 27.6. The summed E-state index contributed by atoms with van der Waals surface area (Å²) in [5, 5.41) is 9.10. The van der Waals surface area contributed by atoms with Crippen molar-refractivity contribution in [3.8, 4) is 0 Å². The molecule has 2 amide bonds. The molecule has 1 atom stereocenters. The summed E-state index contributed by atoms with van der Waals surface area (Å²) in [7, 11) is 0. The number of hydrogen-bond donors (Lipinski definition) is 2. The van der Waals surface area contributed by atoms with Gasteiger partial charge in [0, 0.05) is 24.9 Å². The van der Waals surface area contributed by atoms with Crippen LogP contribution in [0.1, 0.15) is 12.1 Å². The Morgan fingerprint density at radius 1 is 1.35 bits per heavy atom. The van der Waals surface area contributed by atoms with Crippen molar-refractivity contribution in [3.05, 3.63) is 47.8 Å². The Bertz CT molecular complexity index is 713. The monoisotopic (exact) mass is 320 g/mol. The Hall–Kier alpha value is -2.77. The van der Waals surface area contributed by atoms with E-state index in [1.54, 1.807) is 6.07 Å². The van der Waals surface area contributed by atoms with Crippen molar-refractivity contribution in [2.75, 3.05) is 11.4 Å². The van der Waals surface area contributed by atoms with Crippen LogP contribution < -0.4 is 10.2 Å². The molecule has 120 valence electrons. The average molecular weight is 320 g/mol. The van der Waals surface area contributed by atoms with Crippen molar-refractivity contribution >= 4 is 17.5 Å². The van der Waals surface area contributed by atoms with Crippen molar-refractivity contribution in [3.63, 3.8) is 0 Å². The Morgan fingerprint density at radius 2 is 2.09 bits per heavy atom. The molecule has 1 aromatic carbocycles. The number of aromatic nitrogens is 2. The molecule has 0 saturated carbocycles. The molecule has 2 N–H and O–H groups in total. The Balaban J connectivity index is 1.67. The second kappa shape index (κ2) is 6.15. The van der Waals surface area contributed by atoms with Crippen LogP contribution in [0.2, 0.25) is 0 Å². The fourth-order valence-corrected chi connectivity index (χ4v) is 2.60. The number of hydrogen-bond acceptors (Lipinski definition) is 3. The number of amides is 2. The summed E-state index contributed by atoms with van der Waals surface area (Å²) in [6.07, 6.45) is 1.63. The third kappa shape index (κ3) is 3.20. The third-order valence-electron chi connectivity index (χ3n) is 3.61. The summed E-state index contributed by atoms with van der Waals surface area (Å²) in [6, 6.07) is 4.60. The summed E-state index contributed by atoms with van der Waals surface area (Å²) in [6.45, 7) is 0.0331. The van der Waals surface area contributed by atoms with Crippen molar-refractivity contribution in [2.45, 2.75) is 18.9 Å². The highest BCUT2D eigenvalue weighted by Crippen LogP contribution is 2.27. The smallest absolute Gasteiger partial charge is 0.229 e. The van der Waals surface area contributed by atoms with Gasteiger partial charge < -0.3 is 10.2 Å². The standard InChI is InChI=1S/C15H14F2N4O2/c16-11-2-1-3-12(17)15(11)21-8-10(7-14(21)23)19-13(22)6-9-4-5-18-20-9/h1-5,10H,6-8H2,(H,18,20)(H,19,22). The van der Waals surface area contributed by atoms with E-state index in [0.29, 0.717) is 5.69 Å². The fraction of sp³-hybridized carbons (Fsp3) is 0.267. The zero-order valence-corrected chi connectivity index (χ0v) is 12.1. The number of benzene rings is 1. The van der Waals surface area contributed by atoms with Crippen LogP contribution in [0, 0.1) is 11.6 Å². The molecule has 1 aliphatic heterocycles. The van der Waals surface area contributed by atoms with E-state index in [9.17, 15) is 18.4 Å². The molecule has 1 aromatic heterocycles. The van der Waals surface area contributed by atoms with E-state index in [1.807, 2.05) is 0 Å². The molecule has 23 heavy (non-hydrogen) atoms. The lowest BCUT2D eigenvalue weighted by atomic mass is 10.2. The maximum absolute atomic E-state index is 13.8. The molecular weight excluding hydrogens is 306 g/mol. The third-order valence-corrected chi connectivity index (χ3v) is 3.61. The van der Waals surface area contributed by atoms with Crippen molar-refractivity contribution in [2.24, 2.45) is 0 Å². The first-order chi connectivity index (χ1) is 11.0. The van der Waals surface area contributed by atoms with Gasteiger partial charge in [-0.1, -0.05) is 6.07 Å². The number of carbonyl (C=O) groups is 2. The Morgan fingerprint density at radius 3 is 2.74 bits per heavy atom. The molecule has 1 unspecified atom stereocenters. The number of H-pyrrole nitrogens is 1. The summed E-state index contributed by atoms with van der Waals surface area (Å²) in [5.74, 6) is -2.32.